The molecule has 0 spiro atoms. The van der Waals surface area contributed by atoms with Gasteiger partial charge < -0.3 is 0 Å². The Kier molecular flexibility index (Phi) is 3.99. The van der Waals surface area contributed by atoms with Crippen LogP contribution in [0.25, 0.3) is 0 Å². The largest absolute Gasteiger partial charge is 0.523 e. The van der Waals surface area contributed by atoms with Crippen molar-refractivity contribution in [1.29, 1.82) is 0 Å². The predicted octanol–water partition coefficient (Wildman–Crippen LogP) is 2.58. The van der Waals surface area contributed by atoms with Crippen molar-refractivity contribution in [3.63, 3.8) is 0 Å². The highest BCUT2D eigenvalue weighted by Gasteiger charge is 2.48. The minimum atomic E-state index is -5.41. The smallest absolute Gasteiger partial charge is 0.260 e. The van der Waals surface area contributed by atoms with Crippen LogP contribution in [0.5, 0.6) is 0 Å². The lowest BCUT2D eigenvalue weighted by molar-refractivity contribution is -0.0578. The van der Waals surface area contributed by atoms with Gasteiger partial charge >= 0.3 is 15.6 Å². The Morgan fingerprint density at radius 3 is 1.87 bits per heavy atom. The van der Waals surface area contributed by atoms with E-state index in [4.69, 9.17) is 0 Å². The van der Waals surface area contributed by atoms with Crippen molar-refractivity contribution in [2.75, 3.05) is 0 Å². The third-order valence-electron chi connectivity index (χ3n) is 2.35. The van der Waals surface area contributed by atoms with Gasteiger partial charge in [0.2, 0.25) is 0 Å². The molecule has 0 aromatic heterocycles. The summed E-state index contributed by atoms with van der Waals surface area (Å²) in [6, 6.07) is 0. The Morgan fingerprint density at radius 1 is 1.00 bits per heavy atom. The molecule has 3 nitrogen and oxygen atoms in total. The standard InChI is InChI=1S/C8H13F3O3S/c9-8(10,11)15(12,13)14-7-5-3-1-2-4-6-7/h7H,1-6H2. The summed E-state index contributed by atoms with van der Waals surface area (Å²) >= 11 is 0. The molecule has 0 radical (unpaired) electrons. The van der Waals surface area contributed by atoms with Gasteiger partial charge in [-0.05, 0) is 12.8 Å². The molecular weight excluding hydrogens is 233 g/mol. The van der Waals surface area contributed by atoms with Crippen molar-refractivity contribution in [3.05, 3.63) is 0 Å². The van der Waals surface area contributed by atoms with E-state index in [-0.39, 0.29) is 0 Å². The fourth-order valence-corrected chi connectivity index (χ4v) is 2.23. The maximum Gasteiger partial charge on any atom is 0.523 e. The second-order valence-electron chi connectivity index (χ2n) is 3.61. The van der Waals surface area contributed by atoms with E-state index < -0.39 is 21.7 Å². The third-order valence-corrected chi connectivity index (χ3v) is 3.44. The first kappa shape index (κ1) is 12.8. The van der Waals surface area contributed by atoms with Gasteiger partial charge in [-0.3, -0.25) is 4.18 Å². The SMILES string of the molecule is O=S(=O)(OC1CCCCCC1)C(F)(F)F. The van der Waals surface area contributed by atoms with E-state index in [2.05, 4.69) is 4.18 Å². The van der Waals surface area contributed by atoms with Crippen molar-refractivity contribution in [3.8, 4) is 0 Å². The topological polar surface area (TPSA) is 43.4 Å². The summed E-state index contributed by atoms with van der Waals surface area (Å²) < 4.78 is 61.5. The molecule has 0 aliphatic heterocycles. The monoisotopic (exact) mass is 246 g/mol. The molecule has 7 heteroatoms. The summed E-state index contributed by atoms with van der Waals surface area (Å²) in [5, 5.41) is 0. The second-order valence-corrected chi connectivity index (χ2v) is 5.17. The van der Waals surface area contributed by atoms with Gasteiger partial charge in [-0.2, -0.15) is 21.6 Å². The third kappa shape index (κ3) is 3.64. The molecule has 0 heterocycles. The summed E-state index contributed by atoms with van der Waals surface area (Å²) in [6.07, 6.45) is 3.25. The molecule has 0 aromatic rings. The van der Waals surface area contributed by atoms with Crippen LogP contribution >= 0.6 is 0 Å². The summed E-state index contributed by atoms with van der Waals surface area (Å²) in [5.41, 5.74) is -5.31. The average molecular weight is 246 g/mol. The Labute approximate surface area is 86.7 Å². The zero-order valence-electron chi connectivity index (χ0n) is 8.09. The highest BCUT2D eigenvalue weighted by molar-refractivity contribution is 7.87. The molecule has 0 amide bonds. The lowest BCUT2D eigenvalue weighted by Crippen LogP contribution is -2.29. The molecule has 0 unspecified atom stereocenters. The van der Waals surface area contributed by atoms with Gasteiger partial charge in [-0.1, -0.05) is 25.7 Å². The van der Waals surface area contributed by atoms with Gasteiger partial charge in [0.1, 0.15) is 0 Å². The van der Waals surface area contributed by atoms with Crippen LogP contribution in [-0.2, 0) is 14.3 Å². The van der Waals surface area contributed by atoms with Crippen LogP contribution in [0, 0.1) is 0 Å². The molecule has 1 fully saturated rings. The Balaban J connectivity index is 2.60. The molecule has 1 aliphatic carbocycles. The van der Waals surface area contributed by atoms with Gasteiger partial charge in [-0.15, -0.1) is 0 Å². The molecule has 1 aliphatic rings. The van der Waals surface area contributed by atoms with Crippen LogP contribution in [0.3, 0.4) is 0 Å². The van der Waals surface area contributed by atoms with Crippen LogP contribution < -0.4 is 0 Å². The van der Waals surface area contributed by atoms with E-state index >= 15 is 0 Å². The number of hydrogen-bond donors (Lipinski definition) is 0. The Bertz CT molecular complexity index is 289. The normalized spacial score (nSPS) is 21.3. The zero-order valence-corrected chi connectivity index (χ0v) is 8.90. The van der Waals surface area contributed by atoms with Crippen molar-refractivity contribution >= 4 is 10.1 Å². The summed E-state index contributed by atoms with van der Waals surface area (Å²) in [5.74, 6) is 0. The minimum Gasteiger partial charge on any atom is -0.260 e. The van der Waals surface area contributed by atoms with Crippen LogP contribution in [0.4, 0.5) is 13.2 Å². The number of halogens is 3. The summed E-state index contributed by atoms with van der Waals surface area (Å²) in [7, 11) is -5.41. The minimum absolute atomic E-state index is 0.384. The molecule has 0 atom stereocenters. The molecule has 0 saturated heterocycles. The highest BCUT2D eigenvalue weighted by Crippen LogP contribution is 2.29. The lowest BCUT2D eigenvalue weighted by Gasteiger charge is -2.16. The van der Waals surface area contributed by atoms with Gasteiger partial charge in [-0.25, -0.2) is 0 Å². The zero-order chi connectivity index (χ0) is 11.5. The summed E-state index contributed by atoms with van der Waals surface area (Å²) in [4.78, 5) is 0. The molecule has 15 heavy (non-hydrogen) atoms. The quantitative estimate of drug-likeness (QED) is 0.427. The molecule has 0 bridgehead atoms. The van der Waals surface area contributed by atoms with Crippen LogP contribution in [0.1, 0.15) is 38.5 Å². The molecule has 1 rings (SSSR count). The number of rotatable bonds is 2. The summed E-state index contributed by atoms with van der Waals surface area (Å²) in [6.45, 7) is 0. The number of alkyl halides is 3. The van der Waals surface area contributed by atoms with Gasteiger partial charge in [0.15, 0.2) is 0 Å². The first-order valence-electron chi connectivity index (χ1n) is 4.82. The fraction of sp³-hybridized carbons (Fsp3) is 1.00. The molecule has 90 valence electrons. The van der Waals surface area contributed by atoms with Crippen LogP contribution in [0.15, 0.2) is 0 Å². The lowest BCUT2D eigenvalue weighted by atomic mass is 10.2. The first-order chi connectivity index (χ1) is 6.83. The predicted molar refractivity (Wildman–Crippen MR) is 47.5 cm³/mol. The molecular formula is C8H13F3O3S. The fourth-order valence-electron chi connectivity index (χ4n) is 1.57. The maximum absolute atomic E-state index is 12.0. The van der Waals surface area contributed by atoms with Gasteiger partial charge in [0, 0.05) is 0 Å². The van der Waals surface area contributed by atoms with E-state index in [0.717, 1.165) is 25.7 Å². The maximum atomic E-state index is 12.0. The number of hydrogen-bond acceptors (Lipinski definition) is 3. The van der Waals surface area contributed by atoms with Crippen molar-refractivity contribution in [1.82, 2.24) is 0 Å². The first-order valence-corrected chi connectivity index (χ1v) is 6.23. The van der Waals surface area contributed by atoms with E-state index in [1.807, 2.05) is 0 Å². The second kappa shape index (κ2) is 4.69. The van der Waals surface area contributed by atoms with Crippen LogP contribution in [-0.4, -0.2) is 20.0 Å². The van der Waals surface area contributed by atoms with E-state index in [1.54, 1.807) is 0 Å². The van der Waals surface area contributed by atoms with Gasteiger partial charge in [0.05, 0.1) is 6.10 Å². The van der Waals surface area contributed by atoms with Crippen molar-refractivity contribution in [2.45, 2.75) is 50.1 Å². The van der Waals surface area contributed by atoms with E-state index in [9.17, 15) is 21.6 Å². The Morgan fingerprint density at radius 2 is 1.47 bits per heavy atom. The average Bonchev–Trinajstić information content (AvgIpc) is 2.30. The van der Waals surface area contributed by atoms with Crippen molar-refractivity contribution in [2.24, 2.45) is 0 Å². The van der Waals surface area contributed by atoms with E-state index in [0.29, 0.717) is 12.8 Å². The molecule has 0 aromatic carbocycles. The Hall–Kier alpha value is -0.300. The van der Waals surface area contributed by atoms with E-state index in [1.165, 1.54) is 0 Å². The van der Waals surface area contributed by atoms with Crippen LogP contribution in [0.2, 0.25) is 0 Å². The highest BCUT2D eigenvalue weighted by atomic mass is 32.2. The molecule has 0 N–H and O–H groups in total. The van der Waals surface area contributed by atoms with Crippen molar-refractivity contribution < 1.29 is 25.8 Å². The molecule has 1 saturated carbocycles. The van der Waals surface area contributed by atoms with Gasteiger partial charge in [0.25, 0.3) is 0 Å².